The van der Waals surface area contributed by atoms with E-state index in [4.69, 9.17) is 10.5 Å². The third kappa shape index (κ3) is 7.97. The van der Waals surface area contributed by atoms with Gasteiger partial charge in [0.25, 0.3) is 0 Å². The van der Waals surface area contributed by atoms with Gasteiger partial charge < -0.3 is 15.8 Å². The molecule has 1 aromatic rings. The number of hydrogen-bond donors (Lipinski definition) is 3. The van der Waals surface area contributed by atoms with Crippen molar-refractivity contribution in [2.75, 3.05) is 19.8 Å². The number of aromatic amines is 1. The first kappa shape index (κ1) is 16.2. The summed E-state index contributed by atoms with van der Waals surface area (Å²) in [7, 11) is 0. The van der Waals surface area contributed by atoms with Crippen LogP contribution in [0.1, 0.15) is 19.0 Å². The first-order chi connectivity index (χ1) is 7.83. The van der Waals surface area contributed by atoms with Crippen LogP contribution >= 0.6 is 24.0 Å². The molecule has 17 heavy (non-hydrogen) atoms. The molecule has 0 atom stereocenters. The van der Waals surface area contributed by atoms with Crippen LogP contribution in [-0.4, -0.2) is 35.9 Å². The van der Waals surface area contributed by atoms with Crippen molar-refractivity contribution in [1.82, 2.24) is 15.5 Å². The van der Waals surface area contributed by atoms with Crippen LogP contribution in [0.2, 0.25) is 0 Å². The molecule has 0 saturated heterocycles. The quantitative estimate of drug-likeness (QED) is 0.294. The molecular formula is C10H20IN5O. The van der Waals surface area contributed by atoms with Crippen LogP contribution in [0.5, 0.6) is 0 Å². The zero-order valence-corrected chi connectivity index (χ0v) is 12.3. The molecule has 0 unspecified atom stereocenters. The SMILES string of the molecule is CCOCCCNC(N)=NCc1ccn[nH]1.I. The zero-order chi connectivity index (χ0) is 11.6. The van der Waals surface area contributed by atoms with Crippen molar-refractivity contribution in [1.29, 1.82) is 0 Å². The second-order valence-corrected chi connectivity index (χ2v) is 3.26. The van der Waals surface area contributed by atoms with Gasteiger partial charge in [0.1, 0.15) is 0 Å². The Bertz CT molecular complexity index is 302. The van der Waals surface area contributed by atoms with Crippen molar-refractivity contribution in [2.45, 2.75) is 19.9 Å². The van der Waals surface area contributed by atoms with Crippen LogP contribution in [0.3, 0.4) is 0 Å². The molecule has 0 saturated carbocycles. The van der Waals surface area contributed by atoms with Gasteiger partial charge in [-0.2, -0.15) is 5.10 Å². The molecular weight excluding hydrogens is 333 g/mol. The molecule has 1 aromatic heterocycles. The monoisotopic (exact) mass is 353 g/mol. The standard InChI is InChI=1S/C10H19N5O.HI/c1-2-16-7-3-5-12-10(11)13-8-9-4-6-14-15-9;/h4,6H,2-3,5,7-8H2,1H3,(H,14,15)(H3,11,12,13);1H. The largest absolute Gasteiger partial charge is 0.382 e. The van der Waals surface area contributed by atoms with Crippen LogP contribution in [0.15, 0.2) is 17.3 Å². The van der Waals surface area contributed by atoms with Crippen molar-refractivity contribution < 1.29 is 4.74 Å². The van der Waals surface area contributed by atoms with Crippen molar-refractivity contribution >= 4 is 29.9 Å². The molecule has 1 rings (SSSR count). The molecule has 7 heteroatoms. The topological polar surface area (TPSA) is 88.3 Å². The zero-order valence-electron chi connectivity index (χ0n) is 9.98. The van der Waals surface area contributed by atoms with E-state index in [0.717, 1.165) is 31.9 Å². The Kier molecular flexibility index (Phi) is 9.83. The van der Waals surface area contributed by atoms with Crippen molar-refractivity contribution in [3.05, 3.63) is 18.0 Å². The van der Waals surface area contributed by atoms with Gasteiger partial charge in [0, 0.05) is 26.0 Å². The fourth-order valence-electron chi connectivity index (χ4n) is 1.13. The van der Waals surface area contributed by atoms with Gasteiger partial charge in [-0.1, -0.05) is 0 Å². The number of ether oxygens (including phenoxy) is 1. The predicted octanol–water partition coefficient (Wildman–Crippen LogP) is 0.859. The van der Waals surface area contributed by atoms with E-state index in [0.29, 0.717) is 12.5 Å². The van der Waals surface area contributed by atoms with Gasteiger partial charge in [0.05, 0.1) is 12.2 Å². The maximum atomic E-state index is 5.67. The summed E-state index contributed by atoms with van der Waals surface area (Å²) < 4.78 is 5.20. The van der Waals surface area contributed by atoms with E-state index in [-0.39, 0.29) is 24.0 Å². The summed E-state index contributed by atoms with van der Waals surface area (Å²) in [6.45, 7) is 4.77. The van der Waals surface area contributed by atoms with Gasteiger partial charge in [-0.05, 0) is 19.4 Å². The minimum atomic E-state index is 0. The highest BCUT2D eigenvalue weighted by molar-refractivity contribution is 14.0. The van der Waals surface area contributed by atoms with Crippen molar-refractivity contribution in [2.24, 2.45) is 10.7 Å². The smallest absolute Gasteiger partial charge is 0.188 e. The number of halogens is 1. The third-order valence-electron chi connectivity index (χ3n) is 1.95. The first-order valence-electron chi connectivity index (χ1n) is 5.42. The van der Waals surface area contributed by atoms with Crippen molar-refractivity contribution in [3.8, 4) is 0 Å². The molecule has 0 spiro atoms. The van der Waals surface area contributed by atoms with E-state index in [1.807, 2.05) is 13.0 Å². The van der Waals surface area contributed by atoms with Crippen LogP contribution < -0.4 is 11.1 Å². The number of aromatic nitrogens is 2. The van der Waals surface area contributed by atoms with Crippen LogP contribution in [0.25, 0.3) is 0 Å². The molecule has 0 aliphatic rings. The summed E-state index contributed by atoms with van der Waals surface area (Å²) in [6, 6.07) is 1.87. The number of hydrogen-bond acceptors (Lipinski definition) is 3. The van der Waals surface area contributed by atoms with E-state index < -0.39 is 0 Å². The van der Waals surface area contributed by atoms with E-state index >= 15 is 0 Å². The second kappa shape index (κ2) is 10.3. The minimum Gasteiger partial charge on any atom is -0.382 e. The summed E-state index contributed by atoms with van der Waals surface area (Å²) in [6.07, 6.45) is 2.62. The highest BCUT2D eigenvalue weighted by atomic mass is 127. The molecule has 1 heterocycles. The Morgan fingerprint density at radius 1 is 1.65 bits per heavy atom. The van der Waals surface area contributed by atoms with Gasteiger partial charge in [0.15, 0.2) is 5.96 Å². The lowest BCUT2D eigenvalue weighted by Gasteiger charge is -2.05. The first-order valence-corrected chi connectivity index (χ1v) is 5.42. The summed E-state index contributed by atoms with van der Waals surface area (Å²) in [5, 5.41) is 9.66. The maximum Gasteiger partial charge on any atom is 0.188 e. The number of rotatable bonds is 7. The maximum absolute atomic E-state index is 5.67. The fourth-order valence-corrected chi connectivity index (χ4v) is 1.13. The average Bonchev–Trinajstić information content (AvgIpc) is 2.79. The Balaban J connectivity index is 0.00000256. The van der Waals surface area contributed by atoms with E-state index in [9.17, 15) is 0 Å². The minimum absolute atomic E-state index is 0. The summed E-state index contributed by atoms with van der Waals surface area (Å²) >= 11 is 0. The molecule has 98 valence electrons. The number of guanidine groups is 1. The average molecular weight is 353 g/mol. The number of H-pyrrole nitrogens is 1. The van der Waals surface area contributed by atoms with Gasteiger partial charge in [-0.25, -0.2) is 4.99 Å². The van der Waals surface area contributed by atoms with E-state index in [1.54, 1.807) is 6.20 Å². The molecule has 0 radical (unpaired) electrons. The van der Waals surface area contributed by atoms with Crippen LogP contribution in [0.4, 0.5) is 0 Å². The van der Waals surface area contributed by atoms with Gasteiger partial charge in [-0.15, -0.1) is 24.0 Å². The Hall–Kier alpha value is -0.830. The predicted molar refractivity (Wildman–Crippen MR) is 78.4 cm³/mol. The molecule has 0 bridgehead atoms. The number of nitrogens with two attached hydrogens (primary N) is 1. The van der Waals surface area contributed by atoms with Crippen LogP contribution in [0, 0.1) is 0 Å². The Labute approximate surface area is 118 Å². The highest BCUT2D eigenvalue weighted by Gasteiger charge is 1.93. The van der Waals surface area contributed by atoms with Crippen molar-refractivity contribution in [3.63, 3.8) is 0 Å². The lowest BCUT2D eigenvalue weighted by atomic mass is 10.4. The molecule has 4 N–H and O–H groups in total. The van der Waals surface area contributed by atoms with Gasteiger partial charge in [-0.3, -0.25) is 5.10 Å². The number of aliphatic imine (C=N–C) groups is 1. The molecule has 0 aromatic carbocycles. The summed E-state index contributed by atoms with van der Waals surface area (Å²) in [4.78, 5) is 4.16. The lowest BCUT2D eigenvalue weighted by molar-refractivity contribution is 0.145. The van der Waals surface area contributed by atoms with Crippen LogP contribution in [-0.2, 0) is 11.3 Å². The molecule has 0 aliphatic carbocycles. The summed E-state index contributed by atoms with van der Waals surface area (Å²) in [5.41, 5.74) is 6.61. The molecule has 0 aliphatic heterocycles. The molecule has 6 nitrogen and oxygen atoms in total. The summed E-state index contributed by atoms with van der Waals surface area (Å²) in [5.74, 6) is 0.450. The van der Waals surface area contributed by atoms with E-state index in [1.165, 1.54) is 0 Å². The molecule has 0 amide bonds. The van der Waals surface area contributed by atoms with Gasteiger partial charge >= 0.3 is 0 Å². The normalized spacial score (nSPS) is 11.0. The third-order valence-corrected chi connectivity index (χ3v) is 1.95. The Morgan fingerprint density at radius 2 is 2.47 bits per heavy atom. The Morgan fingerprint density at radius 3 is 3.12 bits per heavy atom. The second-order valence-electron chi connectivity index (χ2n) is 3.26. The fraction of sp³-hybridized carbons (Fsp3) is 0.600. The van der Waals surface area contributed by atoms with E-state index in [2.05, 4.69) is 20.5 Å². The van der Waals surface area contributed by atoms with Gasteiger partial charge in [0.2, 0.25) is 0 Å². The number of nitrogens with zero attached hydrogens (tertiary/aromatic N) is 2. The number of nitrogens with one attached hydrogen (secondary N) is 2. The lowest BCUT2D eigenvalue weighted by Crippen LogP contribution is -2.32. The highest BCUT2D eigenvalue weighted by Crippen LogP contribution is 1.92. The molecule has 0 fully saturated rings.